The maximum Gasteiger partial charge on any atom is 0.319 e. The molecule has 0 bridgehead atoms. The minimum absolute atomic E-state index is 0. The SMILES string of the molecule is C=C.C=C.Nc1cc(C2(Sc3cc(F)cc(F)c3)CC2)nc(-c2ccc(NC(=O)NC3CC3)cc2)n1.O.O.O.[HH].[HH]. The molecule has 2 fully saturated rings. The summed E-state index contributed by atoms with van der Waals surface area (Å²) in [6.45, 7) is 12.0. The number of rotatable bonds is 6. The summed E-state index contributed by atoms with van der Waals surface area (Å²) in [6, 6.07) is 12.5. The van der Waals surface area contributed by atoms with E-state index in [2.05, 4.69) is 41.9 Å². The molecule has 5 rings (SSSR count). The van der Waals surface area contributed by atoms with Crippen LogP contribution in [-0.2, 0) is 4.75 Å². The van der Waals surface area contributed by atoms with E-state index in [0.717, 1.165) is 43.0 Å². The van der Waals surface area contributed by atoms with Crippen molar-refractivity contribution in [2.75, 3.05) is 11.1 Å². The average Bonchev–Trinajstić information content (AvgIpc) is 3.79. The van der Waals surface area contributed by atoms with Crippen LogP contribution in [0.15, 0.2) is 79.7 Å². The molecular formula is C27H39F2N5O4S. The van der Waals surface area contributed by atoms with Crippen molar-refractivity contribution >= 4 is 29.3 Å². The predicted octanol–water partition coefficient (Wildman–Crippen LogP) is 4.69. The van der Waals surface area contributed by atoms with Crippen LogP contribution in [-0.4, -0.2) is 38.5 Å². The van der Waals surface area contributed by atoms with Crippen LogP contribution in [0.25, 0.3) is 11.4 Å². The number of halogens is 2. The standard InChI is InChI=1S/C23H21F2N5OS.2C2H4.3H2O.2H2/c24-14-9-15(25)11-18(10-14)32-23(7-8-23)19-12-20(26)30-21(29-19)13-1-3-16(4-2-13)27-22(31)28-17-5-6-17;2*1-2;;;;;/h1-4,9-12,17H,5-8H2,(H2,26,29,30)(H2,27,28,31);2*1-2H2;3*1H2;2*1H. The monoisotopic (exact) mass is 567 g/mol. The summed E-state index contributed by atoms with van der Waals surface area (Å²) >= 11 is 1.39. The number of thioether (sulfide) groups is 1. The molecule has 0 unspecified atom stereocenters. The summed E-state index contributed by atoms with van der Waals surface area (Å²) in [4.78, 5) is 21.5. The first-order valence-corrected chi connectivity index (χ1v) is 12.2. The molecule has 0 saturated heterocycles. The van der Waals surface area contributed by atoms with Gasteiger partial charge in [-0.3, -0.25) is 0 Å². The maximum absolute atomic E-state index is 13.6. The molecule has 2 saturated carbocycles. The third-order valence-electron chi connectivity index (χ3n) is 5.38. The number of carbonyl (C=O) groups excluding carboxylic acids is 1. The van der Waals surface area contributed by atoms with Crippen molar-refractivity contribution < 1.29 is 32.9 Å². The fourth-order valence-electron chi connectivity index (χ4n) is 3.45. The number of hydrogen-bond donors (Lipinski definition) is 3. The molecule has 12 heteroatoms. The maximum atomic E-state index is 13.6. The second kappa shape index (κ2) is 15.5. The van der Waals surface area contributed by atoms with Crippen molar-refractivity contribution in [3.63, 3.8) is 0 Å². The van der Waals surface area contributed by atoms with Crippen LogP contribution in [0.1, 0.15) is 34.2 Å². The van der Waals surface area contributed by atoms with E-state index in [0.29, 0.717) is 22.2 Å². The van der Waals surface area contributed by atoms with Crippen molar-refractivity contribution in [2.45, 2.75) is 41.4 Å². The zero-order chi connectivity index (χ0) is 26.3. The first-order chi connectivity index (χ1) is 17.4. The molecule has 216 valence electrons. The molecule has 9 nitrogen and oxygen atoms in total. The van der Waals surface area contributed by atoms with E-state index in [1.165, 1.54) is 23.9 Å². The number of nitrogens with zero attached hydrogens (tertiary/aromatic N) is 2. The number of anilines is 2. The topological polar surface area (TPSA) is 187 Å². The minimum atomic E-state index is -0.606. The van der Waals surface area contributed by atoms with Crippen molar-refractivity contribution in [1.29, 1.82) is 0 Å². The van der Waals surface area contributed by atoms with Crippen LogP contribution < -0.4 is 16.4 Å². The Balaban J connectivity index is -0.00000154. The largest absolute Gasteiger partial charge is 0.412 e. The van der Waals surface area contributed by atoms with Gasteiger partial charge in [-0.15, -0.1) is 38.1 Å². The van der Waals surface area contributed by atoms with E-state index in [1.54, 1.807) is 18.2 Å². The number of amides is 2. The van der Waals surface area contributed by atoms with Crippen molar-refractivity contribution in [1.82, 2.24) is 15.3 Å². The summed E-state index contributed by atoms with van der Waals surface area (Å²) in [7, 11) is 0. The van der Waals surface area contributed by atoms with Crippen LogP contribution in [0.5, 0.6) is 0 Å². The highest BCUT2D eigenvalue weighted by Gasteiger charge is 2.47. The molecule has 2 aromatic carbocycles. The zero-order valence-electron chi connectivity index (χ0n) is 21.4. The molecule has 1 aromatic heterocycles. The summed E-state index contributed by atoms with van der Waals surface area (Å²) in [5, 5.41) is 5.68. The Hall–Kier alpha value is -3.84. The van der Waals surface area contributed by atoms with Gasteiger partial charge in [-0.2, -0.15) is 0 Å². The van der Waals surface area contributed by atoms with Gasteiger partial charge in [0, 0.05) is 37.2 Å². The Kier molecular flexibility index (Phi) is 14.0. The molecule has 0 aliphatic heterocycles. The molecule has 1 heterocycles. The van der Waals surface area contributed by atoms with Crippen LogP contribution in [0.4, 0.5) is 25.1 Å². The number of urea groups is 1. The lowest BCUT2D eigenvalue weighted by atomic mass is 10.1. The fraction of sp³-hybridized carbons (Fsp3) is 0.222. The van der Waals surface area contributed by atoms with Gasteiger partial charge in [0.1, 0.15) is 17.5 Å². The Morgan fingerprint density at radius 1 is 0.949 bits per heavy atom. The van der Waals surface area contributed by atoms with Gasteiger partial charge in [0.2, 0.25) is 0 Å². The molecule has 39 heavy (non-hydrogen) atoms. The van der Waals surface area contributed by atoms with Gasteiger partial charge in [-0.1, -0.05) is 0 Å². The first kappa shape index (κ1) is 35.2. The van der Waals surface area contributed by atoms with Gasteiger partial charge in [-0.25, -0.2) is 23.5 Å². The normalized spacial score (nSPS) is 13.7. The molecule has 2 amide bonds. The van der Waals surface area contributed by atoms with Crippen LogP contribution in [0, 0.1) is 11.6 Å². The predicted molar refractivity (Wildman–Crippen MR) is 158 cm³/mol. The Labute approximate surface area is 233 Å². The van der Waals surface area contributed by atoms with Gasteiger partial charge >= 0.3 is 6.03 Å². The van der Waals surface area contributed by atoms with Crippen molar-refractivity contribution in [2.24, 2.45) is 0 Å². The highest BCUT2D eigenvalue weighted by atomic mass is 32.2. The van der Waals surface area contributed by atoms with E-state index in [-0.39, 0.29) is 36.1 Å². The first-order valence-electron chi connectivity index (χ1n) is 11.4. The fourth-order valence-corrected chi connectivity index (χ4v) is 4.76. The third kappa shape index (κ3) is 9.45. The summed E-state index contributed by atoms with van der Waals surface area (Å²) in [5.41, 5.74) is 8.22. The quantitative estimate of drug-likeness (QED) is 0.364. The number of hydrogen-bond acceptors (Lipinski definition) is 5. The number of aromatic nitrogens is 2. The number of nitrogen functional groups attached to an aromatic ring is 1. The van der Waals surface area contributed by atoms with Crippen molar-refractivity contribution in [3.05, 3.63) is 92.2 Å². The summed E-state index contributed by atoms with van der Waals surface area (Å²) in [5.74, 6) is -0.420. The molecule has 2 aliphatic carbocycles. The second-order valence-electron chi connectivity index (χ2n) is 8.15. The lowest BCUT2D eigenvalue weighted by Gasteiger charge is -2.16. The highest BCUT2D eigenvalue weighted by Crippen LogP contribution is 2.59. The summed E-state index contributed by atoms with van der Waals surface area (Å²) in [6.07, 6.45) is 3.69. The molecule has 0 spiro atoms. The lowest BCUT2D eigenvalue weighted by molar-refractivity contribution is 0.251. The van der Waals surface area contributed by atoms with Crippen LogP contribution in [0.3, 0.4) is 0 Å². The van der Waals surface area contributed by atoms with Crippen LogP contribution in [0.2, 0.25) is 0 Å². The van der Waals surface area contributed by atoms with E-state index in [1.807, 2.05) is 12.1 Å². The smallest absolute Gasteiger partial charge is 0.319 e. The molecular weight excluding hydrogens is 528 g/mol. The van der Waals surface area contributed by atoms with Gasteiger partial charge < -0.3 is 32.8 Å². The van der Waals surface area contributed by atoms with Crippen molar-refractivity contribution in [3.8, 4) is 11.4 Å². The molecule has 0 atom stereocenters. The number of nitrogens with one attached hydrogen (secondary N) is 2. The Morgan fingerprint density at radius 2 is 1.51 bits per heavy atom. The molecule has 2 aliphatic rings. The number of benzene rings is 2. The average molecular weight is 568 g/mol. The molecule has 10 N–H and O–H groups in total. The van der Waals surface area contributed by atoms with Gasteiger partial charge in [0.25, 0.3) is 0 Å². The zero-order valence-corrected chi connectivity index (χ0v) is 22.2. The van der Waals surface area contributed by atoms with Crippen LogP contribution >= 0.6 is 11.8 Å². The number of carbonyl (C=O) groups is 1. The number of nitrogens with two attached hydrogens (primary N) is 1. The van der Waals surface area contributed by atoms with Gasteiger partial charge in [0.05, 0.1) is 10.4 Å². The van der Waals surface area contributed by atoms with E-state index >= 15 is 0 Å². The second-order valence-corrected chi connectivity index (χ2v) is 9.61. The molecule has 3 aromatic rings. The summed E-state index contributed by atoms with van der Waals surface area (Å²) < 4.78 is 26.9. The molecule has 0 radical (unpaired) electrons. The van der Waals surface area contributed by atoms with Gasteiger partial charge in [-0.05, 0) is 62.1 Å². The minimum Gasteiger partial charge on any atom is -0.412 e. The third-order valence-corrected chi connectivity index (χ3v) is 6.86. The van der Waals surface area contributed by atoms with E-state index in [4.69, 9.17) is 10.7 Å². The Bertz CT molecular complexity index is 1210. The highest BCUT2D eigenvalue weighted by molar-refractivity contribution is 8.00. The van der Waals surface area contributed by atoms with E-state index in [9.17, 15) is 13.6 Å². The van der Waals surface area contributed by atoms with Gasteiger partial charge in [0.15, 0.2) is 5.82 Å². The lowest BCUT2D eigenvalue weighted by Crippen LogP contribution is -2.30. The Morgan fingerprint density at radius 3 is 2.03 bits per heavy atom. The van der Waals surface area contributed by atoms with E-state index < -0.39 is 11.6 Å².